The molecule has 4 saturated carbocycles. The topological polar surface area (TPSA) is 72.8 Å². The molecule has 0 bridgehead atoms. The molecule has 262 valence electrons. The average molecular weight is 641 g/mol. The summed E-state index contributed by atoms with van der Waals surface area (Å²) in [5.41, 5.74) is 1.48. The van der Waals surface area contributed by atoms with Crippen molar-refractivity contribution in [1.29, 1.82) is 0 Å². The highest BCUT2D eigenvalue weighted by atomic mass is 16.6. The highest BCUT2D eigenvalue weighted by Crippen LogP contribution is 2.68. The molecule has 5 heteroatoms. The number of hydrogen-bond acceptors (Lipinski definition) is 5. The molecule has 4 aliphatic carbocycles. The van der Waals surface area contributed by atoms with Crippen LogP contribution in [-0.4, -0.2) is 36.4 Å². The van der Waals surface area contributed by atoms with Crippen molar-refractivity contribution in [2.45, 2.75) is 150 Å². The molecular weight excluding hydrogens is 572 g/mol. The lowest BCUT2D eigenvalue weighted by atomic mass is 9.44. The van der Waals surface area contributed by atoms with E-state index < -0.39 is 12.6 Å². The monoisotopic (exact) mass is 641 g/mol. The van der Waals surface area contributed by atoms with Crippen LogP contribution in [0.1, 0.15) is 144 Å². The number of carbonyl (C=O) groups excluding carboxylic acids is 2. The lowest BCUT2D eigenvalue weighted by molar-refractivity contribution is -0.147. The number of rotatable bonds is 16. The maximum absolute atomic E-state index is 12.3. The summed E-state index contributed by atoms with van der Waals surface area (Å²) in [6, 6.07) is 0. The van der Waals surface area contributed by atoms with Crippen molar-refractivity contribution in [3.8, 4) is 0 Å². The molecule has 1 N–H and O–H groups in total. The Bertz CT molecular complexity index is 1060. The van der Waals surface area contributed by atoms with Crippen LogP contribution >= 0.6 is 0 Å². The second kappa shape index (κ2) is 16.2. The predicted molar refractivity (Wildman–Crippen MR) is 187 cm³/mol. The second-order valence-electron chi connectivity index (χ2n) is 17.3. The molecule has 0 heterocycles. The average Bonchev–Trinajstić information content (AvgIpc) is 3.37. The number of aliphatic hydroxyl groups excluding tert-OH is 1. The molecule has 0 radical (unpaired) electrons. The Kier molecular flexibility index (Phi) is 13.1. The van der Waals surface area contributed by atoms with Gasteiger partial charge in [-0.15, -0.1) is 0 Å². The van der Waals surface area contributed by atoms with E-state index in [1.165, 1.54) is 83.5 Å². The summed E-state index contributed by atoms with van der Waals surface area (Å²) in [6.45, 7) is 21.3. The normalized spacial score (nSPS) is 35.0. The Balaban J connectivity index is 1.28. The van der Waals surface area contributed by atoms with E-state index >= 15 is 0 Å². The largest absolute Gasteiger partial charge is 0.462 e. The summed E-state index contributed by atoms with van der Waals surface area (Å²) >= 11 is 0. The zero-order valence-electron chi connectivity index (χ0n) is 30.4. The molecule has 0 amide bonds. The SMILES string of the molecule is C=C(C)C(=O)OC(CCC[C@H]1CC[C@@]2(C)C(CC[C@@H]3C2CC[C@@]2(C)C3CC[C@@H]2[C@H](C)CCCC(C)C)C1)CCOC(=O)C(=C)CO. The first-order valence-electron chi connectivity index (χ1n) is 19.1. The van der Waals surface area contributed by atoms with Gasteiger partial charge in [0.05, 0.1) is 18.8 Å². The van der Waals surface area contributed by atoms with Crippen LogP contribution in [0.4, 0.5) is 0 Å². The highest BCUT2D eigenvalue weighted by Gasteiger charge is 2.60. The molecule has 0 aromatic rings. The van der Waals surface area contributed by atoms with Crippen molar-refractivity contribution >= 4 is 11.9 Å². The Morgan fingerprint density at radius 1 is 0.848 bits per heavy atom. The van der Waals surface area contributed by atoms with Gasteiger partial charge in [0.25, 0.3) is 0 Å². The second-order valence-corrected chi connectivity index (χ2v) is 17.3. The van der Waals surface area contributed by atoms with Gasteiger partial charge in [0.15, 0.2) is 0 Å². The van der Waals surface area contributed by atoms with E-state index in [0.717, 1.165) is 60.2 Å². The van der Waals surface area contributed by atoms with E-state index in [2.05, 4.69) is 47.8 Å². The summed E-state index contributed by atoms with van der Waals surface area (Å²) in [6.07, 6.45) is 20.0. The number of esters is 2. The molecule has 10 atom stereocenters. The predicted octanol–water partition coefficient (Wildman–Crippen LogP) is 9.86. The summed E-state index contributed by atoms with van der Waals surface area (Å²) in [5.74, 6) is 6.02. The number of ether oxygens (including phenoxy) is 2. The highest BCUT2D eigenvalue weighted by molar-refractivity contribution is 5.88. The zero-order valence-corrected chi connectivity index (χ0v) is 30.4. The Labute approximate surface area is 281 Å². The summed E-state index contributed by atoms with van der Waals surface area (Å²) < 4.78 is 11.0. The van der Waals surface area contributed by atoms with Crippen molar-refractivity contribution < 1.29 is 24.2 Å². The van der Waals surface area contributed by atoms with Gasteiger partial charge in [-0.05, 0) is 136 Å². The molecule has 0 aromatic carbocycles. The van der Waals surface area contributed by atoms with Crippen LogP contribution in [0.2, 0.25) is 0 Å². The van der Waals surface area contributed by atoms with Gasteiger partial charge in [-0.2, -0.15) is 0 Å². The maximum Gasteiger partial charge on any atom is 0.335 e. The van der Waals surface area contributed by atoms with Gasteiger partial charge in [0, 0.05) is 12.0 Å². The van der Waals surface area contributed by atoms with Gasteiger partial charge >= 0.3 is 11.9 Å². The fourth-order valence-electron chi connectivity index (χ4n) is 11.2. The van der Waals surface area contributed by atoms with Crippen molar-refractivity contribution in [1.82, 2.24) is 0 Å². The van der Waals surface area contributed by atoms with E-state index in [1.54, 1.807) is 6.92 Å². The molecule has 0 aromatic heterocycles. The van der Waals surface area contributed by atoms with Crippen LogP contribution in [0.3, 0.4) is 0 Å². The lowest BCUT2D eigenvalue weighted by Gasteiger charge is -2.61. The van der Waals surface area contributed by atoms with E-state index in [0.29, 0.717) is 22.8 Å². The van der Waals surface area contributed by atoms with E-state index in [-0.39, 0.29) is 24.3 Å². The van der Waals surface area contributed by atoms with Gasteiger partial charge in [0.1, 0.15) is 6.10 Å². The van der Waals surface area contributed by atoms with Gasteiger partial charge in [-0.1, -0.05) is 73.5 Å². The third-order valence-electron chi connectivity index (χ3n) is 13.9. The van der Waals surface area contributed by atoms with Gasteiger partial charge in [-0.25, -0.2) is 9.59 Å². The Morgan fingerprint density at radius 3 is 2.26 bits per heavy atom. The van der Waals surface area contributed by atoms with Gasteiger partial charge in [-0.3, -0.25) is 0 Å². The number of hydrogen-bond donors (Lipinski definition) is 1. The van der Waals surface area contributed by atoms with Gasteiger partial charge < -0.3 is 14.6 Å². The summed E-state index contributed by atoms with van der Waals surface area (Å²) in [5, 5.41) is 9.11. The smallest absolute Gasteiger partial charge is 0.335 e. The minimum absolute atomic E-state index is 0.0330. The third kappa shape index (κ3) is 8.50. The van der Waals surface area contributed by atoms with Crippen LogP contribution in [0, 0.1) is 58.2 Å². The van der Waals surface area contributed by atoms with E-state index in [9.17, 15) is 9.59 Å². The fraction of sp³-hybridized carbons (Fsp3) is 0.854. The molecule has 0 saturated heterocycles. The number of aliphatic hydroxyl groups is 1. The van der Waals surface area contributed by atoms with Crippen molar-refractivity contribution in [2.24, 2.45) is 58.2 Å². The van der Waals surface area contributed by atoms with Crippen molar-refractivity contribution in [3.05, 3.63) is 24.3 Å². The van der Waals surface area contributed by atoms with Crippen molar-refractivity contribution in [2.75, 3.05) is 13.2 Å². The van der Waals surface area contributed by atoms with Gasteiger partial charge in [0.2, 0.25) is 0 Å². The molecule has 4 fully saturated rings. The summed E-state index contributed by atoms with van der Waals surface area (Å²) in [4.78, 5) is 24.2. The standard InChI is InChI=1S/C41H68O5/c1-27(2)11-9-12-29(5)35-17-18-36-34-16-15-32-25-31(19-22-40(32,7)37(34)20-23-41(35,36)8)13-10-14-33(46-38(43)28(3)4)21-24-45-39(44)30(6)26-42/h27,29,31-37,42H,3,6,9-26H2,1-2,4-5,7-8H3/t29-,31+,32?,33?,34+,35-,36?,37?,40+,41-/m1/s1. The first-order chi connectivity index (χ1) is 21.8. The number of fused-ring (bicyclic) bond motifs is 5. The Hall–Kier alpha value is -1.62. The van der Waals surface area contributed by atoms with E-state index in [4.69, 9.17) is 14.6 Å². The van der Waals surface area contributed by atoms with Crippen molar-refractivity contribution in [3.63, 3.8) is 0 Å². The number of carbonyl (C=O) groups is 2. The quantitative estimate of drug-likeness (QED) is 0.134. The minimum atomic E-state index is -0.602. The Morgan fingerprint density at radius 2 is 1.57 bits per heavy atom. The molecule has 4 aliphatic rings. The molecular formula is C41H68O5. The third-order valence-corrected chi connectivity index (χ3v) is 13.9. The lowest BCUT2D eigenvalue weighted by Crippen LogP contribution is -2.53. The molecule has 4 unspecified atom stereocenters. The first kappa shape index (κ1) is 37.2. The minimum Gasteiger partial charge on any atom is -0.462 e. The fourth-order valence-corrected chi connectivity index (χ4v) is 11.2. The molecule has 4 rings (SSSR count). The molecule has 5 nitrogen and oxygen atoms in total. The van der Waals surface area contributed by atoms with Crippen LogP contribution in [0.5, 0.6) is 0 Å². The first-order valence-corrected chi connectivity index (χ1v) is 19.1. The van der Waals surface area contributed by atoms with Crippen LogP contribution in [0.15, 0.2) is 24.3 Å². The molecule has 0 aliphatic heterocycles. The van der Waals surface area contributed by atoms with Crippen LogP contribution in [-0.2, 0) is 19.1 Å². The maximum atomic E-state index is 12.3. The molecule has 46 heavy (non-hydrogen) atoms. The van der Waals surface area contributed by atoms with Crippen LogP contribution < -0.4 is 0 Å². The van der Waals surface area contributed by atoms with Crippen LogP contribution in [0.25, 0.3) is 0 Å². The summed E-state index contributed by atoms with van der Waals surface area (Å²) in [7, 11) is 0. The molecule has 0 spiro atoms. The zero-order chi connectivity index (χ0) is 33.6. The van der Waals surface area contributed by atoms with E-state index in [1.807, 2.05) is 0 Å².